The van der Waals surface area contributed by atoms with Gasteiger partial charge in [-0.2, -0.15) is 0 Å². The van der Waals surface area contributed by atoms with Gasteiger partial charge in [-0.3, -0.25) is 9.69 Å². The smallest absolute Gasteiger partial charge is 0.308 e. The van der Waals surface area contributed by atoms with Crippen LogP contribution in [0.15, 0.2) is 0 Å². The molecule has 1 rings (SSSR count). The summed E-state index contributed by atoms with van der Waals surface area (Å²) in [5.74, 6) is -0.201. The van der Waals surface area contributed by atoms with E-state index in [1.165, 1.54) is 7.11 Å². The normalized spacial score (nSPS) is 27.8. The Morgan fingerprint density at radius 2 is 2.12 bits per heavy atom. The molecule has 0 spiro atoms. The van der Waals surface area contributed by atoms with Gasteiger partial charge >= 0.3 is 5.97 Å². The highest BCUT2D eigenvalue weighted by atomic mass is 16.5. The van der Waals surface area contributed by atoms with Gasteiger partial charge in [-0.25, -0.2) is 0 Å². The molecule has 1 aliphatic heterocycles. The fourth-order valence-corrected chi connectivity index (χ4v) is 2.15. The molecule has 0 N–H and O–H groups in total. The van der Waals surface area contributed by atoms with Crippen molar-refractivity contribution in [3.8, 4) is 0 Å². The number of rotatable bonds is 2. The molecule has 2 unspecified atom stereocenters. The Morgan fingerprint density at radius 1 is 1.50 bits per heavy atom. The molecule has 4 heteroatoms. The Hall–Kier alpha value is -0.610. The fraction of sp³-hybridized carbons (Fsp3) is 0.917. The predicted molar refractivity (Wildman–Crippen MR) is 62.3 cm³/mol. The standard InChI is InChI=1S/C12H23NO3/c1-9-8-16-10(6-11(14)15-5)7-13(9)12(2,3)4/h9-10H,6-8H2,1-5H3. The minimum Gasteiger partial charge on any atom is -0.469 e. The summed E-state index contributed by atoms with van der Waals surface area (Å²) in [4.78, 5) is 13.6. The first kappa shape index (κ1) is 13.5. The van der Waals surface area contributed by atoms with Crippen molar-refractivity contribution in [2.75, 3.05) is 20.3 Å². The predicted octanol–water partition coefficient (Wildman–Crippen LogP) is 1.44. The molecule has 0 aromatic carbocycles. The molecule has 0 radical (unpaired) electrons. The molecule has 1 fully saturated rings. The van der Waals surface area contributed by atoms with E-state index in [2.05, 4.69) is 37.3 Å². The number of carbonyl (C=O) groups excluding carboxylic acids is 1. The van der Waals surface area contributed by atoms with E-state index < -0.39 is 0 Å². The first-order chi connectivity index (χ1) is 7.34. The Morgan fingerprint density at radius 3 is 2.62 bits per heavy atom. The Labute approximate surface area is 97.9 Å². The highest BCUT2D eigenvalue weighted by Gasteiger charge is 2.34. The molecule has 0 amide bonds. The number of esters is 1. The number of morpholine rings is 1. The molecule has 0 bridgehead atoms. The van der Waals surface area contributed by atoms with Gasteiger partial charge in [-0.1, -0.05) is 0 Å². The van der Waals surface area contributed by atoms with Gasteiger partial charge in [0.25, 0.3) is 0 Å². The second kappa shape index (κ2) is 5.15. The molecule has 0 aliphatic carbocycles. The van der Waals surface area contributed by atoms with Crippen molar-refractivity contribution < 1.29 is 14.3 Å². The van der Waals surface area contributed by atoms with Crippen molar-refractivity contribution in [2.24, 2.45) is 0 Å². The highest BCUT2D eigenvalue weighted by Crippen LogP contribution is 2.23. The lowest BCUT2D eigenvalue weighted by Crippen LogP contribution is -2.56. The summed E-state index contributed by atoms with van der Waals surface area (Å²) in [6.07, 6.45) is 0.304. The molecule has 1 aliphatic rings. The topological polar surface area (TPSA) is 38.8 Å². The molecule has 1 saturated heterocycles. The van der Waals surface area contributed by atoms with Crippen molar-refractivity contribution in [2.45, 2.75) is 51.8 Å². The van der Waals surface area contributed by atoms with Crippen LogP contribution >= 0.6 is 0 Å². The van der Waals surface area contributed by atoms with Crippen LogP contribution in [0.25, 0.3) is 0 Å². The zero-order valence-corrected chi connectivity index (χ0v) is 10.9. The largest absolute Gasteiger partial charge is 0.469 e. The van der Waals surface area contributed by atoms with Crippen molar-refractivity contribution in [1.82, 2.24) is 4.90 Å². The van der Waals surface area contributed by atoms with E-state index in [0.29, 0.717) is 19.1 Å². The third-order valence-corrected chi connectivity index (χ3v) is 2.99. The van der Waals surface area contributed by atoms with Crippen LogP contribution in [0.4, 0.5) is 0 Å². The van der Waals surface area contributed by atoms with Gasteiger partial charge in [0.05, 0.1) is 26.2 Å². The van der Waals surface area contributed by atoms with E-state index in [1.807, 2.05) is 0 Å². The van der Waals surface area contributed by atoms with Crippen LogP contribution in [-0.4, -0.2) is 48.8 Å². The Kier molecular flexibility index (Phi) is 4.33. The molecule has 16 heavy (non-hydrogen) atoms. The number of nitrogens with zero attached hydrogens (tertiary/aromatic N) is 1. The maximum atomic E-state index is 11.2. The van der Waals surface area contributed by atoms with Crippen molar-refractivity contribution in [1.29, 1.82) is 0 Å². The minimum absolute atomic E-state index is 0.0390. The van der Waals surface area contributed by atoms with E-state index in [4.69, 9.17) is 4.74 Å². The average molecular weight is 229 g/mol. The first-order valence-corrected chi connectivity index (χ1v) is 5.79. The van der Waals surface area contributed by atoms with E-state index in [9.17, 15) is 4.79 Å². The Balaban J connectivity index is 2.57. The number of hydrogen-bond donors (Lipinski definition) is 0. The van der Waals surface area contributed by atoms with Crippen LogP contribution in [0, 0.1) is 0 Å². The number of carbonyl (C=O) groups is 1. The molecular weight excluding hydrogens is 206 g/mol. The maximum absolute atomic E-state index is 11.2. The number of methoxy groups -OCH3 is 1. The van der Waals surface area contributed by atoms with Crippen molar-refractivity contribution in [3.63, 3.8) is 0 Å². The molecule has 0 aromatic rings. The SMILES string of the molecule is COC(=O)CC1CN(C(C)(C)C)C(C)CO1. The molecule has 94 valence electrons. The fourth-order valence-electron chi connectivity index (χ4n) is 2.15. The van der Waals surface area contributed by atoms with Crippen LogP contribution in [0.5, 0.6) is 0 Å². The molecule has 0 saturated carbocycles. The van der Waals surface area contributed by atoms with Crippen molar-refractivity contribution >= 4 is 5.97 Å². The van der Waals surface area contributed by atoms with Gasteiger partial charge in [-0.15, -0.1) is 0 Å². The number of ether oxygens (including phenoxy) is 2. The lowest BCUT2D eigenvalue weighted by molar-refractivity contribution is -0.149. The summed E-state index contributed by atoms with van der Waals surface area (Å²) in [6.45, 7) is 10.2. The highest BCUT2D eigenvalue weighted by molar-refractivity contribution is 5.69. The van der Waals surface area contributed by atoms with Crippen LogP contribution in [0.3, 0.4) is 0 Å². The molecule has 2 atom stereocenters. The third-order valence-electron chi connectivity index (χ3n) is 2.99. The van der Waals surface area contributed by atoms with E-state index in [1.54, 1.807) is 0 Å². The molecule has 0 aromatic heterocycles. The average Bonchev–Trinajstić information content (AvgIpc) is 2.19. The quantitative estimate of drug-likeness (QED) is 0.672. The zero-order chi connectivity index (χ0) is 12.3. The van der Waals surface area contributed by atoms with Crippen LogP contribution in [0.2, 0.25) is 0 Å². The van der Waals surface area contributed by atoms with Gasteiger partial charge in [0.15, 0.2) is 0 Å². The first-order valence-electron chi connectivity index (χ1n) is 5.79. The summed E-state index contributed by atoms with van der Waals surface area (Å²) in [7, 11) is 1.41. The Bertz CT molecular complexity index is 247. The monoisotopic (exact) mass is 229 g/mol. The van der Waals surface area contributed by atoms with E-state index in [0.717, 1.165) is 6.54 Å². The summed E-state index contributed by atoms with van der Waals surface area (Å²) in [5.41, 5.74) is 0.109. The molecule has 1 heterocycles. The van der Waals surface area contributed by atoms with E-state index >= 15 is 0 Å². The minimum atomic E-state index is -0.201. The lowest BCUT2D eigenvalue weighted by Gasteiger charge is -2.45. The maximum Gasteiger partial charge on any atom is 0.308 e. The van der Waals surface area contributed by atoms with Gasteiger partial charge in [0.2, 0.25) is 0 Å². The summed E-state index contributed by atoms with van der Waals surface area (Å²) >= 11 is 0. The van der Waals surface area contributed by atoms with E-state index in [-0.39, 0.29) is 17.6 Å². The van der Waals surface area contributed by atoms with Crippen LogP contribution in [-0.2, 0) is 14.3 Å². The summed E-state index contributed by atoms with van der Waals surface area (Å²) < 4.78 is 10.3. The summed E-state index contributed by atoms with van der Waals surface area (Å²) in [5, 5.41) is 0. The molecule has 4 nitrogen and oxygen atoms in total. The summed E-state index contributed by atoms with van der Waals surface area (Å²) in [6, 6.07) is 0.397. The van der Waals surface area contributed by atoms with Gasteiger partial charge in [-0.05, 0) is 27.7 Å². The molecular formula is C12H23NO3. The third kappa shape index (κ3) is 3.46. The van der Waals surface area contributed by atoms with Gasteiger partial charge < -0.3 is 9.47 Å². The van der Waals surface area contributed by atoms with Crippen LogP contribution in [0.1, 0.15) is 34.1 Å². The van der Waals surface area contributed by atoms with Gasteiger partial charge in [0, 0.05) is 18.1 Å². The zero-order valence-electron chi connectivity index (χ0n) is 10.9. The lowest BCUT2D eigenvalue weighted by atomic mass is 10.0. The van der Waals surface area contributed by atoms with Gasteiger partial charge in [0.1, 0.15) is 0 Å². The number of hydrogen-bond acceptors (Lipinski definition) is 4. The second-order valence-corrected chi connectivity index (χ2v) is 5.41. The van der Waals surface area contributed by atoms with Crippen LogP contribution < -0.4 is 0 Å². The second-order valence-electron chi connectivity index (χ2n) is 5.41. The van der Waals surface area contributed by atoms with Crippen molar-refractivity contribution in [3.05, 3.63) is 0 Å².